The minimum absolute atomic E-state index is 0.000126. The summed E-state index contributed by atoms with van der Waals surface area (Å²) in [6, 6.07) is 21.5. The lowest BCUT2D eigenvalue weighted by molar-refractivity contribution is -0.145. The van der Waals surface area contributed by atoms with E-state index in [1.54, 1.807) is 28.0 Å². The molecule has 0 saturated carbocycles. The van der Waals surface area contributed by atoms with Crippen molar-refractivity contribution in [3.8, 4) is 11.5 Å². The molecule has 49 heavy (non-hydrogen) atoms. The van der Waals surface area contributed by atoms with Crippen molar-refractivity contribution in [3.63, 3.8) is 0 Å². The first-order valence-corrected chi connectivity index (χ1v) is 16.6. The number of para-hydroxylation sites is 4. The van der Waals surface area contributed by atoms with Gasteiger partial charge >= 0.3 is 5.97 Å². The molecule has 0 bridgehead atoms. The van der Waals surface area contributed by atoms with Crippen molar-refractivity contribution in [2.24, 2.45) is 5.41 Å². The number of carbonyl (C=O) groups is 4. The first-order chi connectivity index (χ1) is 23.6. The SMILES string of the molecule is COC(=O)c1ccc(C2C3=C(CC(C)(C)CC3=O)Nc3ccccc3N2CC(=O)N2CCN(C(=O)C3COc4ccccc4O3)CC2)cc1. The number of esters is 1. The standard InChI is InChI=1S/C38H40N4O7/c1-38(2)20-27-34(29(43)21-38)35(24-12-14-25(15-13-24)37(46)47-3)42(28-9-5-4-8-26(28)39-27)22-33(44)40-16-18-41(19-17-40)36(45)32-23-48-30-10-6-7-11-31(30)49-32/h4-15,32,35,39H,16-23H2,1-3H3. The van der Waals surface area contributed by atoms with Crippen molar-refractivity contribution in [2.45, 2.75) is 38.8 Å². The molecule has 254 valence electrons. The van der Waals surface area contributed by atoms with Crippen molar-refractivity contribution in [2.75, 3.05) is 56.7 Å². The zero-order chi connectivity index (χ0) is 34.3. The average molecular weight is 665 g/mol. The van der Waals surface area contributed by atoms with E-state index < -0.39 is 18.1 Å². The normalized spacial score (nSPS) is 21.2. The molecule has 2 atom stereocenters. The largest absolute Gasteiger partial charge is 0.485 e. The number of nitrogens with one attached hydrogen (secondary N) is 1. The van der Waals surface area contributed by atoms with Crippen LogP contribution in [0.5, 0.6) is 11.5 Å². The Bertz CT molecular complexity index is 1830. The molecule has 11 nitrogen and oxygen atoms in total. The van der Waals surface area contributed by atoms with E-state index in [1.807, 2.05) is 59.5 Å². The van der Waals surface area contributed by atoms with E-state index in [0.717, 1.165) is 22.6 Å². The fraction of sp³-hybridized carbons (Fsp3) is 0.368. The number of amides is 2. The highest BCUT2D eigenvalue weighted by atomic mass is 16.6. The third-order valence-corrected chi connectivity index (χ3v) is 9.69. The second-order valence-corrected chi connectivity index (χ2v) is 13.7. The second kappa shape index (κ2) is 12.9. The van der Waals surface area contributed by atoms with Crippen molar-refractivity contribution in [1.82, 2.24) is 9.80 Å². The Kier molecular flexibility index (Phi) is 8.52. The Morgan fingerprint density at radius 1 is 0.878 bits per heavy atom. The van der Waals surface area contributed by atoms with E-state index in [9.17, 15) is 19.2 Å². The molecular formula is C38H40N4O7. The number of hydrogen-bond acceptors (Lipinski definition) is 9. The summed E-state index contributed by atoms with van der Waals surface area (Å²) < 4.78 is 16.6. The lowest BCUT2D eigenvalue weighted by Crippen LogP contribution is -2.56. The van der Waals surface area contributed by atoms with Crippen LogP contribution >= 0.6 is 0 Å². The third kappa shape index (κ3) is 6.32. The molecule has 2 amide bonds. The van der Waals surface area contributed by atoms with Gasteiger partial charge in [-0.1, -0.05) is 50.2 Å². The lowest BCUT2D eigenvalue weighted by atomic mass is 9.73. The van der Waals surface area contributed by atoms with Gasteiger partial charge in [0, 0.05) is 43.9 Å². The molecule has 3 aliphatic heterocycles. The molecule has 0 aromatic heterocycles. The van der Waals surface area contributed by atoms with E-state index in [4.69, 9.17) is 14.2 Å². The number of carbonyl (C=O) groups excluding carboxylic acids is 4. The first kappa shape index (κ1) is 32.2. The van der Waals surface area contributed by atoms with Gasteiger partial charge in [-0.2, -0.15) is 0 Å². The van der Waals surface area contributed by atoms with Gasteiger partial charge < -0.3 is 34.2 Å². The van der Waals surface area contributed by atoms with Gasteiger partial charge in [0.15, 0.2) is 17.3 Å². The van der Waals surface area contributed by atoms with Gasteiger partial charge in [0.05, 0.1) is 36.6 Å². The van der Waals surface area contributed by atoms with Crippen LogP contribution in [0.25, 0.3) is 0 Å². The Hall–Kier alpha value is -5.32. The zero-order valence-electron chi connectivity index (χ0n) is 27.9. The van der Waals surface area contributed by atoms with Gasteiger partial charge in [0.1, 0.15) is 6.61 Å². The van der Waals surface area contributed by atoms with Crippen molar-refractivity contribution in [1.29, 1.82) is 0 Å². The van der Waals surface area contributed by atoms with Gasteiger partial charge in [-0.3, -0.25) is 14.4 Å². The molecule has 4 aliphatic rings. The molecule has 2 unspecified atom stereocenters. The summed E-state index contributed by atoms with van der Waals surface area (Å²) in [6.07, 6.45) is 0.294. The molecule has 3 aromatic carbocycles. The monoisotopic (exact) mass is 664 g/mol. The van der Waals surface area contributed by atoms with Crippen LogP contribution in [-0.4, -0.2) is 85.9 Å². The maximum atomic E-state index is 14.2. The Balaban J connectivity index is 1.15. The van der Waals surface area contributed by atoms with Crippen LogP contribution < -0.4 is 19.7 Å². The molecule has 0 radical (unpaired) electrons. The quantitative estimate of drug-likeness (QED) is 0.391. The summed E-state index contributed by atoms with van der Waals surface area (Å²) in [5, 5.41) is 3.58. The Morgan fingerprint density at radius 2 is 1.55 bits per heavy atom. The van der Waals surface area contributed by atoms with Crippen LogP contribution in [0.2, 0.25) is 0 Å². The van der Waals surface area contributed by atoms with Gasteiger partial charge in [0.2, 0.25) is 12.0 Å². The van der Waals surface area contributed by atoms with Gasteiger partial charge in [-0.25, -0.2) is 4.79 Å². The number of ether oxygens (including phenoxy) is 3. The molecule has 1 fully saturated rings. The van der Waals surface area contributed by atoms with E-state index in [-0.39, 0.29) is 36.2 Å². The van der Waals surface area contributed by atoms with E-state index in [2.05, 4.69) is 19.2 Å². The Morgan fingerprint density at radius 3 is 2.29 bits per heavy atom. The van der Waals surface area contributed by atoms with E-state index in [0.29, 0.717) is 61.7 Å². The van der Waals surface area contributed by atoms with Crippen molar-refractivity contribution >= 4 is 34.9 Å². The number of piperazine rings is 1. The van der Waals surface area contributed by atoms with Crippen LogP contribution in [0.4, 0.5) is 11.4 Å². The fourth-order valence-corrected chi connectivity index (χ4v) is 7.26. The molecule has 1 aliphatic carbocycles. The molecule has 3 aromatic rings. The lowest BCUT2D eigenvalue weighted by Gasteiger charge is -2.40. The van der Waals surface area contributed by atoms with E-state index >= 15 is 0 Å². The predicted molar refractivity (Wildman–Crippen MR) is 182 cm³/mol. The number of anilines is 2. The second-order valence-electron chi connectivity index (χ2n) is 13.7. The molecule has 3 heterocycles. The number of benzene rings is 3. The minimum Gasteiger partial charge on any atom is -0.485 e. The van der Waals surface area contributed by atoms with Gasteiger partial charge in [-0.15, -0.1) is 0 Å². The van der Waals surface area contributed by atoms with Gasteiger partial charge in [-0.05, 0) is 53.8 Å². The highest BCUT2D eigenvalue weighted by Crippen LogP contribution is 2.48. The van der Waals surface area contributed by atoms with Crippen LogP contribution in [-0.2, 0) is 19.1 Å². The van der Waals surface area contributed by atoms with Crippen LogP contribution in [0.1, 0.15) is 48.7 Å². The van der Waals surface area contributed by atoms with Crippen molar-refractivity contribution in [3.05, 3.63) is 95.2 Å². The molecule has 11 heteroatoms. The highest BCUT2D eigenvalue weighted by Gasteiger charge is 2.42. The number of allylic oxidation sites excluding steroid dienone is 1. The van der Waals surface area contributed by atoms with Gasteiger partial charge in [0.25, 0.3) is 5.91 Å². The predicted octanol–water partition coefficient (Wildman–Crippen LogP) is 4.60. The van der Waals surface area contributed by atoms with Crippen molar-refractivity contribution < 1.29 is 33.4 Å². The summed E-state index contributed by atoms with van der Waals surface area (Å²) in [5.74, 6) is 0.452. The number of fused-ring (bicyclic) bond motifs is 2. The number of rotatable bonds is 5. The summed E-state index contributed by atoms with van der Waals surface area (Å²) >= 11 is 0. The molecule has 0 spiro atoms. The highest BCUT2D eigenvalue weighted by molar-refractivity contribution is 6.02. The molecule has 7 rings (SSSR count). The van der Waals surface area contributed by atoms with Crippen LogP contribution in [0.15, 0.2) is 84.1 Å². The number of hydrogen-bond donors (Lipinski definition) is 1. The third-order valence-electron chi connectivity index (χ3n) is 9.69. The maximum absolute atomic E-state index is 14.2. The number of nitrogens with zero attached hydrogens (tertiary/aromatic N) is 3. The Labute approximate surface area is 285 Å². The number of ketones is 1. The first-order valence-electron chi connectivity index (χ1n) is 16.6. The average Bonchev–Trinajstić information content (AvgIpc) is 3.24. The van der Waals surface area contributed by atoms with Crippen LogP contribution in [0, 0.1) is 5.41 Å². The fourth-order valence-electron chi connectivity index (χ4n) is 7.26. The van der Waals surface area contributed by atoms with Crippen LogP contribution in [0.3, 0.4) is 0 Å². The molecular weight excluding hydrogens is 624 g/mol. The smallest absolute Gasteiger partial charge is 0.337 e. The molecule has 1 saturated heterocycles. The molecule has 1 N–H and O–H groups in total. The summed E-state index contributed by atoms with van der Waals surface area (Å²) in [5.41, 5.74) is 4.02. The topological polar surface area (TPSA) is 118 Å². The summed E-state index contributed by atoms with van der Waals surface area (Å²) in [7, 11) is 1.34. The summed E-state index contributed by atoms with van der Waals surface area (Å²) in [4.78, 5) is 59.3. The minimum atomic E-state index is -0.745. The summed E-state index contributed by atoms with van der Waals surface area (Å²) in [6.45, 7) is 5.77. The number of Topliss-reactive ketones (excluding diaryl/α,β-unsaturated/α-hetero) is 1. The zero-order valence-corrected chi connectivity index (χ0v) is 27.9. The maximum Gasteiger partial charge on any atom is 0.337 e. The number of methoxy groups -OCH3 is 1. The van der Waals surface area contributed by atoms with E-state index in [1.165, 1.54) is 7.11 Å².